The Balaban J connectivity index is 2.19. The van der Waals surface area contributed by atoms with E-state index in [2.05, 4.69) is 4.90 Å². The van der Waals surface area contributed by atoms with Crippen LogP contribution in [-0.4, -0.2) is 31.4 Å². The number of rotatable bonds is 4. The van der Waals surface area contributed by atoms with E-state index in [1.165, 1.54) is 12.5 Å². The molecule has 20 heavy (non-hydrogen) atoms. The molecule has 1 aromatic carbocycles. The van der Waals surface area contributed by atoms with Crippen LogP contribution in [0.1, 0.15) is 43.4 Å². The first-order chi connectivity index (χ1) is 9.49. The van der Waals surface area contributed by atoms with Gasteiger partial charge in [-0.2, -0.15) is 0 Å². The van der Waals surface area contributed by atoms with Gasteiger partial charge in [-0.15, -0.1) is 0 Å². The molecule has 1 fully saturated rings. The molecule has 0 radical (unpaired) electrons. The van der Waals surface area contributed by atoms with Gasteiger partial charge >= 0.3 is 0 Å². The van der Waals surface area contributed by atoms with Crippen LogP contribution in [-0.2, 0) is 4.74 Å². The molecule has 2 rings (SSSR count). The fourth-order valence-corrected chi connectivity index (χ4v) is 2.70. The van der Waals surface area contributed by atoms with Crippen LogP contribution in [0.4, 0.5) is 10.1 Å². The molecular weight excluding hydrogens is 257 g/mol. The molecule has 3 nitrogen and oxygen atoms in total. The molecule has 0 aromatic heterocycles. The Kier molecular flexibility index (Phi) is 5.00. The normalized spacial score (nSPS) is 20.8. The van der Waals surface area contributed by atoms with Gasteiger partial charge in [-0.05, 0) is 50.8 Å². The zero-order chi connectivity index (χ0) is 14.7. The summed E-state index contributed by atoms with van der Waals surface area (Å²) in [4.78, 5) is 2.06. The zero-order valence-electron chi connectivity index (χ0n) is 12.5. The van der Waals surface area contributed by atoms with Crippen LogP contribution >= 0.6 is 0 Å². The minimum absolute atomic E-state index is 0.223. The summed E-state index contributed by atoms with van der Waals surface area (Å²) in [7, 11) is 1.97. The average molecular weight is 281 g/mol. The van der Waals surface area contributed by atoms with Crippen molar-refractivity contribution in [3.63, 3.8) is 0 Å². The van der Waals surface area contributed by atoms with Crippen LogP contribution in [0.2, 0.25) is 0 Å². The number of anilines is 1. The van der Waals surface area contributed by atoms with E-state index in [0.29, 0.717) is 11.1 Å². The molecule has 1 unspecified atom stereocenters. The standard InChI is InChI=1S/C16H24FNO2/c1-11-8-16(14(12(2)19)9-15(11)17)18(3)10-13-6-4-5-7-20-13/h8-9,12-13,19H,4-7,10H2,1-3H3/t12-,13?/m1/s1. The lowest BCUT2D eigenvalue weighted by Crippen LogP contribution is -2.34. The maximum Gasteiger partial charge on any atom is 0.126 e. The fourth-order valence-electron chi connectivity index (χ4n) is 2.70. The smallest absolute Gasteiger partial charge is 0.126 e. The topological polar surface area (TPSA) is 32.7 Å². The molecule has 0 amide bonds. The Hall–Kier alpha value is -1.13. The number of ether oxygens (including phenoxy) is 1. The predicted molar refractivity (Wildman–Crippen MR) is 78.6 cm³/mol. The number of benzene rings is 1. The second kappa shape index (κ2) is 6.55. The molecule has 0 spiro atoms. The van der Waals surface area contributed by atoms with Crippen molar-refractivity contribution in [2.75, 3.05) is 25.1 Å². The third-order valence-corrected chi connectivity index (χ3v) is 3.92. The van der Waals surface area contributed by atoms with Gasteiger partial charge in [-0.1, -0.05) is 0 Å². The van der Waals surface area contributed by atoms with Gasteiger partial charge < -0.3 is 14.7 Å². The number of hydrogen-bond acceptors (Lipinski definition) is 3. The van der Waals surface area contributed by atoms with E-state index in [-0.39, 0.29) is 11.9 Å². The summed E-state index contributed by atoms with van der Waals surface area (Å²) >= 11 is 0. The Bertz CT molecular complexity index is 456. The Labute approximate surface area is 120 Å². The lowest BCUT2D eigenvalue weighted by molar-refractivity contribution is 0.0215. The number of aliphatic hydroxyl groups is 1. The van der Waals surface area contributed by atoms with Crippen molar-refractivity contribution in [3.8, 4) is 0 Å². The van der Waals surface area contributed by atoms with Crippen molar-refractivity contribution < 1.29 is 14.2 Å². The molecule has 0 bridgehead atoms. The number of aryl methyl sites for hydroxylation is 1. The third kappa shape index (κ3) is 3.49. The maximum atomic E-state index is 13.7. The summed E-state index contributed by atoms with van der Waals surface area (Å²) in [5.41, 5.74) is 2.11. The summed E-state index contributed by atoms with van der Waals surface area (Å²) < 4.78 is 19.4. The monoisotopic (exact) mass is 281 g/mol. The highest BCUT2D eigenvalue weighted by atomic mass is 19.1. The molecule has 4 heteroatoms. The van der Waals surface area contributed by atoms with Crippen LogP contribution in [0.3, 0.4) is 0 Å². The lowest BCUT2D eigenvalue weighted by atomic mass is 10.0. The molecule has 2 atom stereocenters. The second-order valence-electron chi connectivity index (χ2n) is 5.71. The zero-order valence-corrected chi connectivity index (χ0v) is 12.5. The van der Waals surface area contributed by atoms with Gasteiger partial charge in [-0.3, -0.25) is 0 Å². The summed E-state index contributed by atoms with van der Waals surface area (Å²) in [6.07, 6.45) is 2.93. The summed E-state index contributed by atoms with van der Waals surface area (Å²) in [5, 5.41) is 9.85. The highest BCUT2D eigenvalue weighted by Gasteiger charge is 2.20. The highest BCUT2D eigenvalue weighted by Crippen LogP contribution is 2.29. The molecule has 1 N–H and O–H groups in total. The first kappa shape index (κ1) is 15.3. The van der Waals surface area contributed by atoms with Gasteiger partial charge in [0.1, 0.15) is 5.82 Å². The largest absolute Gasteiger partial charge is 0.389 e. The number of halogens is 1. The lowest BCUT2D eigenvalue weighted by Gasteiger charge is -2.30. The first-order valence-electron chi connectivity index (χ1n) is 7.30. The van der Waals surface area contributed by atoms with Gasteiger partial charge in [0.25, 0.3) is 0 Å². The minimum atomic E-state index is -0.685. The van der Waals surface area contributed by atoms with Crippen molar-refractivity contribution >= 4 is 5.69 Å². The molecule has 112 valence electrons. The molecule has 1 aromatic rings. The molecule has 1 heterocycles. The number of aliphatic hydroxyl groups excluding tert-OH is 1. The van der Waals surface area contributed by atoms with Crippen LogP contribution in [0, 0.1) is 12.7 Å². The van der Waals surface area contributed by atoms with Crippen molar-refractivity contribution in [3.05, 3.63) is 29.1 Å². The van der Waals surface area contributed by atoms with Crippen LogP contribution in [0.5, 0.6) is 0 Å². The third-order valence-electron chi connectivity index (χ3n) is 3.92. The SMILES string of the molecule is Cc1cc(N(C)CC2CCCCO2)c([C@@H](C)O)cc1F. The van der Waals surface area contributed by atoms with Crippen molar-refractivity contribution in [1.82, 2.24) is 0 Å². The molecule has 1 saturated heterocycles. The molecular formula is C16H24FNO2. The van der Waals surface area contributed by atoms with E-state index in [1.807, 2.05) is 7.05 Å². The van der Waals surface area contributed by atoms with Crippen molar-refractivity contribution in [1.29, 1.82) is 0 Å². The Morgan fingerprint density at radius 1 is 1.45 bits per heavy atom. The van der Waals surface area contributed by atoms with Gasteiger partial charge in [-0.25, -0.2) is 4.39 Å². The second-order valence-corrected chi connectivity index (χ2v) is 5.71. The average Bonchev–Trinajstić information content (AvgIpc) is 2.42. The molecule has 1 aliphatic heterocycles. The van der Waals surface area contributed by atoms with Gasteiger partial charge in [0, 0.05) is 31.5 Å². The van der Waals surface area contributed by atoms with E-state index < -0.39 is 6.10 Å². The minimum Gasteiger partial charge on any atom is -0.389 e. The van der Waals surface area contributed by atoms with Crippen molar-refractivity contribution in [2.45, 2.75) is 45.3 Å². The van der Waals surface area contributed by atoms with Crippen LogP contribution < -0.4 is 4.90 Å². The van der Waals surface area contributed by atoms with E-state index in [4.69, 9.17) is 4.74 Å². The van der Waals surface area contributed by atoms with E-state index in [1.54, 1.807) is 19.9 Å². The highest BCUT2D eigenvalue weighted by molar-refractivity contribution is 5.56. The van der Waals surface area contributed by atoms with Gasteiger partial charge in [0.05, 0.1) is 12.2 Å². The molecule has 1 aliphatic rings. The number of nitrogens with zero attached hydrogens (tertiary/aromatic N) is 1. The van der Waals surface area contributed by atoms with E-state index in [0.717, 1.165) is 31.7 Å². The quantitative estimate of drug-likeness (QED) is 0.920. The number of likely N-dealkylation sites (N-methyl/N-ethyl adjacent to an activating group) is 1. The summed E-state index contributed by atoms with van der Waals surface area (Å²) in [5.74, 6) is -0.271. The first-order valence-corrected chi connectivity index (χ1v) is 7.30. The molecule has 0 aliphatic carbocycles. The van der Waals surface area contributed by atoms with E-state index >= 15 is 0 Å². The maximum absolute atomic E-state index is 13.7. The van der Waals surface area contributed by atoms with Crippen LogP contribution in [0.15, 0.2) is 12.1 Å². The van der Waals surface area contributed by atoms with Gasteiger partial charge in [0.2, 0.25) is 0 Å². The van der Waals surface area contributed by atoms with E-state index in [9.17, 15) is 9.50 Å². The summed E-state index contributed by atoms with van der Waals surface area (Å²) in [6, 6.07) is 3.24. The van der Waals surface area contributed by atoms with Crippen LogP contribution in [0.25, 0.3) is 0 Å². The number of hydrogen-bond donors (Lipinski definition) is 1. The predicted octanol–water partition coefficient (Wildman–Crippen LogP) is 3.19. The fraction of sp³-hybridized carbons (Fsp3) is 0.625. The summed E-state index contributed by atoms with van der Waals surface area (Å²) in [6.45, 7) is 5.00. The Morgan fingerprint density at radius 3 is 2.80 bits per heavy atom. The van der Waals surface area contributed by atoms with Gasteiger partial charge in [0.15, 0.2) is 0 Å². The molecule has 0 saturated carbocycles. The van der Waals surface area contributed by atoms with Crippen molar-refractivity contribution in [2.24, 2.45) is 0 Å². The Morgan fingerprint density at radius 2 is 2.20 bits per heavy atom.